The molecule has 2 aliphatic rings. The van der Waals surface area contributed by atoms with Crippen LogP contribution in [0, 0.1) is 0 Å². The van der Waals surface area contributed by atoms with Crippen LogP contribution in [0.5, 0.6) is 0 Å². The second-order valence-corrected chi connectivity index (χ2v) is 4.34. The van der Waals surface area contributed by atoms with E-state index in [1.165, 1.54) is 11.1 Å². The number of nitrogens with one attached hydrogen (secondary N) is 1. The molecule has 0 bridgehead atoms. The second-order valence-electron chi connectivity index (χ2n) is 3.90. The Labute approximate surface area is 106 Å². The van der Waals surface area contributed by atoms with E-state index < -0.39 is 0 Å². The minimum Gasteiger partial charge on any atom is -0.354 e. The van der Waals surface area contributed by atoms with Crippen molar-refractivity contribution in [1.29, 1.82) is 0 Å². The summed E-state index contributed by atoms with van der Waals surface area (Å²) in [5, 5.41) is 4.11. The van der Waals surface area contributed by atoms with Gasteiger partial charge >= 0.3 is 0 Å². The largest absolute Gasteiger partial charge is 0.354 e. The molecule has 0 aliphatic carbocycles. The lowest BCUT2D eigenvalue weighted by Gasteiger charge is -2.16. The minimum absolute atomic E-state index is 0. The first-order valence-electron chi connectivity index (χ1n) is 5.13. The summed E-state index contributed by atoms with van der Waals surface area (Å²) in [5.74, 6) is 1.03. The third kappa shape index (κ3) is 1.97. The molecule has 5 heteroatoms. The molecule has 0 spiro atoms. The van der Waals surface area contributed by atoms with Crippen molar-refractivity contribution in [2.75, 3.05) is 13.1 Å². The van der Waals surface area contributed by atoms with Crippen molar-refractivity contribution >= 4 is 30.0 Å². The molecule has 0 fully saturated rings. The molecule has 0 unspecified atom stereocenters. The lowest BCUT2D eigenvalue weighted by atomic mass is 10.1. The van der Waals surface area contributed by atoms with E-state index in [0.29, 0.717) is 0 Å². The molecule has 86 valence electrons. The van der Waals surface area contributed by atoms with Crippen molar-refractivity contribution < 1.29 is 0 Å². The highest BCUT2D eigenvalue weighted by atomic mass is 35.5. The number of nitrogens with zero attached hydrogens (tertiary/aromatic N) is 2. The fourth-order valence-corrected chi connectivity index (χ4v) is 2.30. The molecular weight excluding hydrogens is 245 g/mol. The summed E-state index contributed by atoms with van der Waals surface area (Å²) in [6.07, 6.45) is 0. The van der Waals surface area contributed by atoms with Crippen LogP contribution in [0.1, 0.15) is 11.1 Å². The maximum Gasteiger partial charge on any atom is 0.194 e. The Kier molecular flexibility index (Phi) is 3.26. The zero-order valence-corrected chi connectivity index (χ0v) is 10.3. The van der Waals surface area contributed by atoms with Gasteiger partial charge in [-0.3, -0.25) is 4.99 Å². The number of benzene rings is 1. The normalized spacial score (nSPS) is 17.6. The van der Waals surface area contributed by atoms with Gasteiger partial charge in [0.1, 0.15) is 0 Å². The van der Waals surface area contributed by atoms with Gasteiger partial charge in [-0.05, 0) is 23.3 Å². The van der Waals surface area contributed by atoms with Crippen molar-refractivity contribution in [1.82, 2.24) is 10.2 Å². The van der Waals surface area contributed by atoms with E-state index in [1.54, 1.807) is 0 Å². The van der Waals surface area contributed by atoms with Crippen LogP contribution < -0.4 is 5.32 Å². The quantitative estimate of drug-likeness (QED) is 0.771. The van der Waals surface area contributed by atoms with Crippen LogP contribution in [0.2, 0.25) is 5.02 Å². The van der Waals surface area contributed by atoms with E-state index in [9.17, 15) is 0 Å². The molecule has 3 rings (SSSR count). The summed E-state index contributed by atoms with van der Waals surface area (Å²) >= 11 is 5.97. The van der Waals surface area contributed by atoms with Crippen LogP contribution in [-0.2, 0) is 13.1 Å². The first-order valence-corrected chi connectivity index (χ1v) is 5.51. The number of fused-ring (bicyclic) bond motifs is 1. The smallest absolute Gasteiger partial charge is 0.194 e. The fraction of sp³-hybridized carbons (Fsp3) is 0.364. The van der Waals surface area contributed by atoms with E-state index in [-0.39, 0.29) is 12.4 Å². The molecule has 2 aliphatic heterocycles. The summed E-state index contributed by atoms with van der Waals surface area (Å²) in [6.45, 7) is 3.71. The van der Waals surface area contributed by atoms with Crippen molar-refractivity contribution in [2.45, 2.75) is 13.1 Å². The van der Waals surface area contributed by atoms with Gasteiger partial charge in [0.05, 0.1) is 6.54 Å². The van der Waals surface area contributed by atoms with Gasteiger partial charge < -0.3 is 10.2 Å². The lowest BCUT2D eigenvalue weighted by Crippen LogP contribution is -2.34. The van der Waals surface area contributed by atoms with E-state index in [4.69, 9.17) is 11.6 Å². The monoisotopic (exact) mass is 257 g/mol. The standard InChI is InChI=1S/C11H12ClN3.ClH/c12-10-2-1-8-6-15(7-9(8)5-10)11-13-3-4-14-11;/h1-2,5H,3-4,6-7H2,(H,13,14);1H. The first kappa shape index (κ1) is 11.6. The van der Waals surface area contributed by atoms with Crippen molar-refractivity contribution in [3.05, 3.63) is 34.3 Å². The second kappa shape index (κ2) is 4.52. The van der Waals surface area contributed by atoms with E-state index in [1.807, 2.05) is 12.1 Å². The highest BCUT2D eigenvalue weighted by molar-refractivity contribution is 6.30. The van der Waals surface area contributed by atoms with Gasteiger partial charge in [-0.15, -0.1) is 12.4 Å². The fourth-order valence-electron chi connectivity index (χ4n) is 2.11. The zero-order chi connectivity index (χ0) is 10.3. The molecule has 2 heterocycles. The summed E-state index contributed by atoms with van der Waals surface area (Å²) in [4.78, 5) is 6.68. The van der Waals surface area contributed by atoms with Crippen LogP contribution in [0.4, 0.5) is 0 Å². The Hall–Kier alpha value is -0.930. The molecule has 0 saturated carbocycles. The molecule has 16 heavy (non-hydrogen) atoms. The minimum atomic E-state index is 0. The van der Waals surface area contributed by atoms with Crippen LogP contribution in [0.3, 0.4) is 0 Å². The maximum absolute atomic E-state index is 5.97. The highest BCUT2D eigenvalue weighted by Crippen LogP contribution is 2.25. The van der Waals surface area contributed by atoms with Crippen LogP contribution in [-0.4, -0.2) is 23.9 Å². The summed E-state index contributed by atoms with van der Waals surface area (Å²) in [7, 11) is 0. The van der Waals surface area contributed by atoms with Gasteiger partial charge in [-0.1, -0.05) is 17.7 Å². The van der Waals surface area contributed by atoms with Gasteiger partial charge in [0.15, 0.2) is 5.96 Å². The molecule has 3 nitrogen and oxygen atoms in total. The Bertz CT molecular complexity index is 431. The summed E-state index contributed by atoms with van der Waals surface area (Å²) < 4.78 is 0. The molecular formula is C11H13Cl2N3. The number of hydrogen-bond acceptors (Lipinski definition) is 3. The SMILES string of the molecule is Cl.Clc1ccc2c(c1)CN(C1=NCCN1)C2. The Balaban J connectivity index is 0.000000963. The average Bonchev–Trinajstić information content (AvgIpc) is 2.84. The number of aliphatic imine (C=N–C) groups is 1. The van der Waals surface area contributed by atoms with Crippen LogP contribution in [0.25, 0.3) is 0 Å². The van der Waals surface area contributed by atoms with Gasteiger partial charge in [0.25, 0.3) is 0 Å². The third-order valence-electron chi connectivity index (χ3n) is 2.85. The van der Waals surface area contributed by atoms with Crippen LogP contribution in [0.15, 0.2) is 23.2 Å². The summed E-state index contributed by atoms with van der Waals surface area (Å²) in [5.41, 5.74) is 2.68. The molecule has 0 amide bonds. The average molecular weight is 258 g/mol. The van der Waals surface area contributed by atoms with E-state index in [0.717, 1.165) is 37.2 Å². The maximum atomic E-state index is 5.97. The van der Waals surface area contributed by atoms with Gasteiger partial charge in [-0.25, -0.2) is 0 Å². The van der Waals surface area contributed by atoms with Crippen molar-refractivity contribution in [2.24, 2.45) is 4.99 Å². The number of hydrogen-bond donors (Lipinski definition) is 1. The number of halogens is 2. The molecule has 1 aromatic rings. The highest BCUT2D eigenvalue weighted by Gasteiger charge is 2.23. The third-order valence-corrected chi connectivity index (χ3v) is 3.08. The topological polar surface area (TPSA) is 27.6 Å². The molecule has 0 saturated heterocycles. The Morgan fingerprint density at radius 2 is 2.06 bits per heavy atom. The molecule has 0 atom stereocenters. The summed E-state index contributed by atoms with van der Waals surface area (Å²) in [6, 6.07) is 6.10. The van der Waals surface area contributed by atoms with Crippen molar-refractivity contribution in [3.8, 4) is 0 Å². The van der Waals surface area contributed by atoms with Crippen molar-refractivity contribution in [3.63, 3.8) is 0 Å². The molecule has 0 aromatic heterocycles. The molecule has 1 aromatic carbocycles. The Morgan fingerprint density at radius 1 is 1.25 bits per heavy atom. The number of guanidine groups is 1. The van der Waals surface area contributed by atoms with Gasteiger partial charge in [0.2, 0.25) is 0 Å². The van der Waals surface area contributed by atoms with Gasteiger partial charge in [-0.2, -0.15) is 0 Å². The molecule has 0 radical (unpaired) electrons. The van der Waals surface area contributed by atoms with Crippen LogP contribution >= 0.6 is 24.0 Å². The predicted octanol–water partition coefficient (Wildman–Crippen LogP) is 2.04. The van der Waals surface area contributed by atoms with Gasteiger partial charge in [0, 0.05) is 24.7 Å². The Morgan fingerprint density at radius 3 is 2.81 bits per heavy atom. The van der Waals surface area contributed by atoms with E-state index >= 15 is 0 Å². The first-order chi connectivity index (χ1) is 7.33. The number of rotatable bonds is 0. The predicted molar refractivity (Wildman–Crippen MR) is 68.3 cm³/mol. The lowest BCUT2D eigenvalue weighted by molar-refractivity contribution is 0.435. The van der Waals surface area contributed by atoms with E-state index in [2.05, 4.69) is 21.3 Å². The zero-order valence-electron chi connectivity index (χ0n) is 8.74. The molecule has 1 N–H and O–H groups in total.